The van der Waals surface area contributed by atoms with Crippen LogP contribution in [0, 0.1) is 0 Å². The van der Waals surface area contributed by atoms with Crippen molar-refractivity contribution in [3.63, 3.8) is 0 Å². The molecule has 0 aliphatic heterocycles. The Labute approximate surface area is 139 Å². The molecule has 0 N–H and O–H groups in total. The highest BCUT2D eigenvalue weighted by Gasteiger charge is 2.31. The summed E-state index contributed by atoms with van der Waals surface area (Å²) in [5.41, 5.74) is 5.47. The monoisotopic (exact) mass is 310 g/mol. The second kappa shape index (κ2) is 4.93. The Balaban J connectivity index is 1.82. The van der Waals surface area contributed by atoms with Gasteiger partial charge in [0.1, 0.15) is 11.3 Å². The maximum Gasteiger partial charge on any atom is 0.192 e. The second-order valence-electron chi connectivity index (χ2n) is 6.12. The third-order valence-electron chi connectivity index (χ3n) is 4.77. The van der Waals surface area contributed by atoms with Crippen LogP contribution in [0.25, 0.3) is 22.1 Å². The van der Waals surface area contributed by atoms with E-state index in [0.29, 0.717) is 16.7 Å². The van der Waals surface area contributed by atoms with Gasteiger partial charge in [0.15, 0.2) is 5.43 Å². The van der Waals surface area contributed by atoms with E-state index in [1.807, 2.05) is 36.4 Å². The van der Waals surface area contributed by atoms with Crippen LogP contribution in [0.2, 0.25) is 0 Å². The van der Waals surface area contributed by atoms with Gasteiger partial charge in [0.25, 0.3) is 0 Å². The zero-order valence-electron chi connectivity index (χ0n) is 12.9. The van der Waals surface area contributed by atoms with Gasteiger partial charge in [0.05, 0.1) is 11.3 Å². The van der Waals surface area contributed by atoms with Crippen molar-refractivity contribution in [2.24, 2.45) is 0 Å². The van der Waals surface area contributed by atoms with E-state index in [0.717, 1.165) is 0 Å². The first-order valence-electron chi connectivity index (χ1n) is 8.04. The Morgan fingerprint density at radius 2 is 1.29 bits per heavy atom. The van der Waals surface area contributed by atoms with Crippen molar-refractivity contribution < 1.29 is 4.42 Å². The molecular formula is C22H14O2. The number of hydrogen-bond donors (Lipinski definition) is 0. The van der Waals surface area contributed by atoms with Crippen molar-refractivity contribution in [1.82, 2.24) is 0 Å². The average molecular weight is 310 g/mol. The van der Waals surface area contributed by atoms with Crippen molar-refractivity contribution in [1.29, 1.82) is 0 Å². The molecule has 1 aliphatic rings. The fraction of sp³-hybridized carbons (Fsp3) is 0.0455. The molecule has 1 heterocycles. The van der Waals surface area contributed by atoms with Gasteiger partial charge in [0, 0.05) is 6.07 Å². The predicted octanol–water partition coefficient (Wildman–Crippen LogP) is 4.95. The second-order valence-corrected chi connectivity index (χ2v) is 6.12. The Bertz CT molecular complexity index is 1090. The molecule has 0 saturated heterocycles. The molecule has 114 valence electrons. The van der Waals surface area contributed by atoms with Gasteiger partial charge in [-0.3, -0.25) is 4.79 Å². The average Bonchev–Trinajstić information content (AvgIpc) is 2.96. The summed E-state index contributed by atoms with van der Waals surface area (Å²) in [5.74, 6) is 0.672. The van der Waals surface area contributed by atoms with Gasteiger partial charge in [-0.15, -0.1) is 0 Å². The van der Waals surface area contributed by atoms with Gasteiger partial charge >= 0.3 is 0 Å². The van der Waals surface area contributed by atoms with Crippen LogP contribution in [0.5, 0.6) is 0 Å². The first kappa shape index (κ1) is 13.3. The van der Waals surface area contributed by atoms with E-state index >= 15 is 0 Å². The predicted molar refractivity (Wildman–Crippen MR) is 95.3 cm³/mol. The van der Waals surface area contributed by atoms with E-state index in [1.165, 1.54) is 22.3 Å². The summed E-state index contributed by atoms with van der Waals surface area (Å²) >= 11 is 0. The van der Waals surface area contributed by atoms with Gasteiger partial charge < -0.3 is 4.42 Å². The van der Waals surface area contributed by atoms with E-state index in [4.69, 9.17) is 4.42 Å². The maximum absolute atomic E-state index is 12.5. The van der Waals surface area contributed by atoms with E-state index < -0.39 is 0 Å². The number of benzene rings is 3. The molecule has 0 saturated carbocycles. The lowest BCUT2D eigenvalue weighted by molar-refractivity contribution is 0.531. The van der Waals surface area contributed by atoms with E-state index in [2.05, 4.69) is 36.4 Å². The van der Waals surface area contributed by atoms with Crippen molar-refractivity contribution in [3.8, 4) is 11.1 Å². The molecule has 0 bridgehead atoms. The van der Waals surface area contributed by atoms with Gasteiger partial charge in [-0.25, -0.2) is 0 Å². The molecule has 0 radical (unpaired) electrons. The summed E-state index contributed by atoms with van der Waals surface area (Å²) in [7, 11) is 0. The van der Waals surface area contributed by atoms with Crippen LogP contribution in [0.1, 0.15) is 22.8 Å². The minimum atomic E-state index is -0.0327. The number of hydrogen-bond acceptors (Lipinski definition) is 2. The Kier molecular flexibility index (Phi) is 2.74. The number of fused-ring (bicyclic) bond motifs is 4. The highest BCUT2D eigenvalue weighted by Crippen LogP contribution is 2.47. The zero-order chi connectivity index (χ0) is 16.1. The van der Waals surface area contributed by atoms with E-state index in [1.54, 1.807) is 6.07 Å². The van der Waals surface area contributed by atoms with Crippen LogP contribution in [0.4, 0.5) is 0 Å². The summed E-state index contributed by atoms with van der Waals surface area (Å²) < 4.78 is 6.14. The molecule has 0 amide bonds. The summed E-state index contributed by atoms with van der Waals surface area (Å²) in [6.45, 7) is 0. The molecule has 2 nitrogen and oxygen atoms in total. The highest BCUT2D eigenvalue weighted by molar-refractivity contribution is 5.81. The van der Waals surface area contributed by atoms with Crippen molar-refractivity contribution >= 4 is 11.0 Å². The zero-order valence-corrected chi connectivity index (χ0v) is 12.9. The normalized spacial score (nSPS) is 13.0. The van der Waals surface area contributed by atoms with Crippen LogP contribution in [0.15, 0.2) is 88.1 Å². The largest absolute Gasteiger partial charge is 0.460 e. The third-order valence-corrected chi connectivity index (χ3v) is 4.77. The van der Waals surface area contributed by atoms with Crippen molar-refractivity contribution in [2.45, 2.75) is 5.92 Å². The van der Waals surface area contributed by atoms with Crippen molar-refractivity contribution in [2.75, 3.05) is 0 Å². The van der Waals surface area contributed by atoms with Gasteiger partial charge in [-0.2, -0.15) is 0 Å². The Morgan fingerprint density at radius 1 is 0.708 bits per heavy atom. The lowest BCUT2D eigenvalue weighted by Crippen LogP contribution is -2.06. The smallest absolute Gasteiger partial charge is 0.192 e. The van der Waals surface area contributed by atoms with Crippen LogP contribution < -0.4 is 5.43 Å². The highest BCUT2D eigenvalue weighted by atomic mass is 16.3. The molecule has 24 heavy (non-hydrogen) atoms. The Hall–Kier alpha value is -3.13. The minimum absolute atomic E-state index is 0.00807. The first-order chi connectivity index (χ1) is 11.8. The van der Waals surface area contributed by atoms with Crippen LogP contribution >= 0.6 is 0 Å². The van der Waals surface area contributed by atoms with Crippen LogP contribution in [0.3, 0.4) is 0 Å². The van der Waals surface area contributed by atoms with E-state index in [-0.39, 0.29) is 11.3 Å². The van der Waals surface area contributed by atoms with Gasteiger partial charge in [-0.1, -0.05) is 60.7 Å². The fourth-order valence-electron chi connectivity index (χ4n) is 3.73. The molecule has 0 unspecified atom stereocenters. The minimum Gasteiger partial charge on any atom is -0.460 e. The maximum atomic E-state index is 12.5. The lowest BCUT2D eigenvalue weighted by Gasteiger charge is -2.13. The Morgan fingerprint density at radius 3 is 2.00 bits per heavy atom. The quantitative estimate of drug-likeness (QED) is 0.438. The fourth-order valence-corrected chi connectivity index (χ4v) is 3.73. The molecule has 0 spiro atoms. The van der Waals surface area contributed by atoms with Gasteiger partial charge in [-0.05, 0) is 34.4 Å². The third kappa shape index (κ3) is 1.80. The van der Waals surface area contributed by atoms with Crippen LogP contribution in [-0.4, -0.2) is 0 Å². The number of rotatable bonds is 1. The topological polar surface area (TPSA) is 30.2 Å². The molecule has 1 aliphatic carbocycles. The van der Waals surface area contributed by atoms with Crippen LogP contribution in [-0.2, 0) is 0 Å². The molecule has 1 aromatic heterocycles. The number of para-hydroxylation sites is 1. The molecule has 3 aromatic carbocycles. The lowest BCUT2D eigenvalue weighted by atomic mass is 9.94. The SMILES string of the molecule is O=c1cc(C2c3ccccc3-c3ccccc32)oc2ccccc12. The molecule has 5 rings (SSSR count). The molecule has 2 heteroatoms. The molecular weight excluding hydrogens is 296 g/mol. The molecule has 4 aromatic rings. The van der Waals surface area contributed by atoms with E-state index in [9.17, 15) is 4.79 Å². The summed E-state index contributed by atoms with van der Waals surface area (Å²) in [4.78, 5) is 12.5. The standard InChI is InChI=1S/C22H14O2/c23-19-13-21(24-20-12-6-5-11-18(19)20)22-16-9-3-1-7-14(16)15-8-2-4-10-17(15)22/h1-13,22H. The summed E-state index contributed by atoms with van der Waals surface area (Å²) in [5, 5.41) is 0.626. The molecule has 0 fully saturated rings. The summed E-state index contributed by atoms with van der Waals surface area (Å²) in [6, 6.07) is 25.7. The van der Waals surface area contributed by atoms with Gasteiger partial charge in [0.2, 0.25) is 0 Å². The van der Waals surface area contributed by atoms with Crippen molar-refractivity contribution in [3.05, 3.63) is 106 Å². The first-order valence-corrected chi connectivity index (χ1v) is 8.04. The molecule has 0 atom stereocenters. The summed E-state index contributed by atoms with van der Waals surface area (Å²) in [6.07, 6.45) is 0.